The molecule has 5 nitrogen and oxygen atoms in total. The van der Waals surface area contributed by atoms with Crippen molar-refractivity contribution >= 4 is 27.6 Å². The van der Waals surface area contributed by atoms with Gasteiger partial charge < -0.3 is 5.11 Å². The number of hydrogen-bond acceptors (Lipinski definition) is 3. The van der Waals surface area contributed by atoms with Crippen LogP contribution < -0.4 is 0 Å². The average Bonchev–Trinajstić information content (AvgIpc) is 2.17. The van der Waals surface area contributed by atoms with E-state index in [1.165, 1.54) is 12.1 Å². The Labute approximate surface area is 100 Å². The maximum atomic E-state index is 10.9. The predicted octanol–water partition coefficient (Wildman–Crippen LogP) is 2.94. The van der Waals surface area contributed by atoms with Crippen molar-refractivity contribution < 1.29 is 14.8 Å². The van der Waals surface area contributed by atoms with Crippen LogP contribution in [0.2, 0.25) is 0 Å². The molecule has 0 aliphatic rings. The van der Waals surface area contributed by atoms with Gasteiger partial charge in [0.05, 0.1) is 10.8 Å². The molecule has 0 spiro atoms. The summed E-state index contributed by atoms with van der Waals surface area (Å²) in [7, 11) is 0. The summed E-state index contributed by atoms with van der Waals surface area (Å²) in [5, 5.41) is 19.6. The quantitative estimate of drug-likeness (QED) is 0.682. The third-order valence-corrected chi connectivity index (χ3v) is 2.68. The number of carboxylic acid groups (broad SMARTS) is 1. The van der Waals surface area contributed by atoms with E-state index in [-0.39, 0.29) is 5.69 Å². The molecule has 1 unspecified atom stereocenters. The average molecular weight is 288 g/mol. The van der Waals surface area contributed by atoms with Crippen LogP contribution in [0.5, 0.6) is 0 Å². The maximum Gasteiger partial charge on any atom is 0.310 e. The first kappa shape index (κ1) is 12.6. The van der Waals surface area contributed by atoms with Gasteiger partial charge in [-0.15, -0.1) is 0 Å². The van der Waals surface area contributed by atoms with Gasteiger partial charge in [0.15, 0.2) is 0 Å². The second kappa shape index (κ2) is 5.07. The van der Waals surface area contributed by atoms with Crippen molar-refractivity contribution in [1.29, 1.82) is 0 Å². The fourth-order valence-electron chi connectivity index (χ4n) is 1.46. The second-order valence-electron chi connectivity index (χ2n) is 3.30. The Morgan fingerprint density at radius 3 is 2.62 bits per heavy atom. The zero-order chi connectivity index (χ0) is 12.3. The molecule has 1 aromatic carbocycles. The molecule has 86 valence electrons. The number of halogens is 1. The number of rotatable bonds is 4. The van der Waals surface area contributed by atoms with Crippen LogP contribution in [0.3, 0.4) is 0 Å². The first-order valence-corrected chi connectivity index (χ1v) is 5.42. The van der Waals surface area contributed by atoms with Gasteiger partial charge in [0.25, 0.3) is 5.69 Å². The lowest BCUT2D eigenvalue weighted by Gasteiger charge is -2.10. The molecule has 0 aliphatic heterocycles. The van der Waals surface area contributed by atoms with Crippen LogP contribution in [0, 0.1) is 10.1 Å². The van der Waals surface area contributed by atoms with Crippen LogP contribution in [0.15, 0.2) is 22.7 Å². The van der Waals surface area contributed by atoms with Crippen molar-refractivity contribution in [3.8, 4) is 0 Å². The molecule has 0 fully saturated rings. The molecule has 0 radical (unpaired) electrons. The number of non-ortho nitro benzene ring substituents is 1. The minimum absolute atomic E-state index is 0.107. The number of carbonyl (C=O) groups is 1. The van der Waals surface area contributed by atoms with Crippen molar-refractivity contribution in [2.75, 3.05) is 0 Å². The molecule has 0 saturated carbocycles. The van der Waals surface area contributed by atoms with Gasteiger partial charge in [-0.3, -0.25) is 14.9 Å². The van der Waals surface area contributed by atoms with Gasteiger partial charge in [0, 0.05) is 16.6 Å². The fourth-order valence-corrected chi connectivity index (χ4v) is 1.95. The van der Waals surface area contributed by atoms with E-state index in [1.807, 2.05) is 0 Å². The highest BCUT2D eigenvalue weighted by Gasteiger charge is 2.20. The van der Waals surface area contributed by atoms with Crippen LogP contribution in [0.4, 0.5) is 5.69 Å². The minimum Gasteiger partial charge on any atom is -0.481 e. The normalized spacial score (nSPS) is 12.1. The largest absolute Gasteiger partial charge is 0.481 e. The highest BCUT2D eigenvalue weighted by atomic mass is 79.9. The van der Waals surface area contributed by atoms with Gasteiger partial charge >= 0.3 is 5.97 Å². The Bertz CT molecular complexity index is 433. The molecule has 0 aromatic heterocycles. The van der Waals surface area contributed by atoms with E-state index in [2.05, 4.69) is 15.9 Å². The van der Waals surface area contributed by atoms with E-state index in [1.54, 1.807) is 13.0 Å². The minimum atomic E-state index is -0.977. The van der Waals surface area contributed by atoms with E-state index in [0.29, 0.717) is 16.5 Å². The van der Waals surface area contributed by atoms with Crippen molar-refractivity contribution in [3.05, 3.63) is 38.3 Å². The van der Waals surface area contributed by atoms with Gasteiger partial charge in [-0.05, 0) is 18.1 Å². The maximum absolute atomic E-state index is 10.9. The molecule has 1 N–H and O–H groups in total. The fraction of sp³-hybridized carbons (Fsp3) is 0.300. The number of hydrogen-bond donors (Lipinski definition) is 1. The van der Waals surface area contributed by atoms with Gasteiger partial charge in [-0.25, -0.2) is 0 Å². The topological polar surface area (TPSA) is 80.4 Å². The van der Waals surface area contributed by atoms with E-state index >= 15 is 0 Å². The molecule has 16 heavy (non-hydrogen) atoms. The lowest BCUT2D eigenvalue weighted by atomic mass is 9.96. The van der Waals surface area contributed by atoms with E-state index < -0.39 is 16.8 Å². The monoisotopic (exact) mass is 287 g/mol. The van der Waals surface area contributed by atoms with E-state index in [0.717, 1.165) is 0 Å². The Hall–Kier alpha value is -1.43. The first-order chi connectivity index (χ1) is 7.45. The molecule has 0 bridgehead atoms. The summed E-state index contributed by atoms with van der Waals surface area (Å²) in [4.78, 5) is 21.0. The third kappa shape index (κ3) is 2.79. The SMILES string of the molecule is CCC(C(=O)O)c1cc(Br)cc([N+](=O)[O-])c1. The van der Waals surface area contributed by atoms with E-state index in [9.17, 15) is 14.9 Å². The summed E-state index contributed by atoms with van der Waals surface area (Å²) in [6.07, 6.45) is 0.392. The Morgan fingerprint density at radius 1 is 1.56 bits per heavy atom. The van der Waals surface area contributed by atoms with Gasteiger partial charge in [-0.2, -0.15) is 0 Å². The summed E-state index contributed by atoms with van der Waals surface area (Å²) < 4.78 is 0.511. The molecule has 6 heteroatoms. The Kier molecular flexibility index (Phi) is 4.00. The Morgan fingerprint density at radius 2 is 2.19 bits per heavy atom. The zero-order valence-electron chi connectivity index (χ0n) is 8.51. The number of nitro groups is 1. The van der Waals surface area contributed by atoms with Crippen LogP contribution in [0.1, 0.15) is 24.8 Å². The summed E-state index contributed by atoms with van der Waals surface area (Å²) in [5.41, 5.74) is 0.333. The standard InChI is InChI=1S/C10H10BrNO4/c1-2-9(10(13)14)6-3-7(11)5-8(4-6)12(15)16/h3-5,9H,2H2,1H3,(H,13,14). The van der Waals surface area contributed by atoms with Crippen LogP contribution in [-0.4, -0.2) is 16.0 Å². The van der Waals surface area contributed by atoms with Crippen molar-refractivity contribution in [2.45, 2.75) is 19.3 Å². The third-order valence-electron chi connectivity index (χ3n) is 2.22. The number of nitrogens with zero attached hydrogens (tertiary/aromatic N) is 1. The molecule has 0 aliphatic carbocycles. The Balaban J connectivity index is 3.22. The summed E-state index contributed by atoms with van der Waals surface area (Å²) in [6.45, 7) is 1.73. The lowest BCUT2D eigenvalue weighted by Crippen LogP contribution is -2.10. The first-order valence-electron chi connectivity index (χ1n) is 4.63. The number of benzene rings is 1. The number of carboxylic acids is 1. The van der Waals surface area contributed by atoms with Crippen molar-refractivity contribution in [2.24, 2.45) is 0 Å². The molecule has 1 aromatic rings. The molecular formula is C10H10BrNO4. The highest BCUT2D eigenvalue weighted by Crippen LogP contribution is 2.28. The smallest absolute Gasteiger partial charge is 0.310 e. The van der Waals surface area contributed by atoms with Gasteiger partial charge in [0.1, 0.15) is 0 Å². The van der Waals surface area contributed by atoms with Gasteiger partial charge in [0.2, 0.25) is 0 Å². The molecule has 0 heterocycles. The van der Waals surface area contributed by atoms with Crippen LogP contribution in [0.25, 0.3) is 0 Å². The van der Waals surface area contributed by atoms with Crippen LogP contribution >= 0.6 is 15.9 Å². The lowest BCUT2D eigenvalue weighted by molar-refractivity contribution is -0.385. The van der Waals surface area contributed by atoms with Gasteiger partial charge in [-0.1, -0.05) is 22.9 Å². The summed E-state index contributed by atoms with van der Waals surface area (Å²) in [6, 6.07) is 4.24. The molecule has 0 saturated heterocycles. The van der Waals surface area contributed by atoms with Crippen molar-refractivity contribution in [1.82, 2.24) is 0 Å². The predicted molar refractivity (Wildman–Crippen MR) is 61.5 cm³/mol. The summed E-state index contributed by atoms with van der Waals surface area (Å²) in [5.74, 6) is -1.69. The number of nitro benzene ring substituents is 1. The number of aliphatic carboxylic acids is 1. The van der Waals surface area contributed by atoms with Crippen LogP contribution in [-0.2, 0) is 4.79 Å². The molecule has 0 amide bonds. The highest BCUT2D eigenvalue weighted by molar-refractivity contribution is 9.10. The second-order valence-corrected chi connectivity index (χ2v) is 4.21. The van der Waals surface area contributed by atoms with E-state index in [4.69, 9.17) is 5.11 Å². The molecular weight excluding hydrogens is 278 g/mol. The zero-order valence-corrected chi connectivity index (χ0v) is 10.1. The van der Waals surface area contributed by atoms with Crippen molar-refractivity contribution in [3.63, 3.8) is 0 Å². The molecule has 1 atom stereocenters. The molecule has 1 rings (SSSR count). The summed E-state index contributed by atoms with van der Waals surface area (Å²) >= 11 is 3.13.